The average Bonchev–Trinajstić information content (AvgIpc) is 1.69. The van der Waals surface area contributed by atoms with Crippen LogP contribution in [0.15, 0.2) is 291 Å². The molecule has 0 fully saturated rings. The van der Waals surface area contributed by atoms with Crippen molar-refractivity contribution < 1.29 is 53.8 Å². The molecule has 143 heavy (non-hydrogen) atoms. The molecule has 31 nitrogen and oxygen atoms in total. The number of aromatic hydroxyl groups is 1. The second kappa shape index (κ2) is 55.0. The number of nitriles is 1. The van der Waals surface area contributed by atoms with Crippen LogP contribution in [0.5, 0.6) is 23.0 Å². The van der Waals surface area contributed by atoms with E-state index >= 15 is 0 Å². The molecule has 18 rings (SSSR count). The number of benzene rings is 6. The first-order valence-corrected chi connectivity index (χ1v) is 50.2. The van der Waals surface area contributed by atoms with E-state index < -0.39 is 17.9 Å². The highest BCUT2D eigenvalue weighted by Crippen LogP contribution is 2.35. The Hall–Kier alpha value is -15.4. The minimum absolute atomic E-state index is 0.0970. The summed E-state index contributed by atoms with van der Waals surface area (Å²) in [4.78, 5) is 115. The fraction of sp³-hybridized carbons (Fsp3) is 0.226. The van der Waals surface area contributed by atoms with Crippen LogP contribution in [0.3, 0.4) is 0 Å². The molecule has 0 unspecified atom stereocenters. The first-order chi connectivity index (χ1) is 69.6. The minimum Gasteiger partial charge on any atom is -0.506 e. The summed E-state index contributed by atoms with van der Waals surface area (Å²) in [7, 11) is 4.15. The Morgan fingerprint density at radius 2 is 0.741 bits per heavy atom. The highest BCUT2D eigenvalue weighted by molar-refractivity contribution is 7.20. The fourth-order valence-corrected chi connectivity index (χ4v) is 18.7. The number of phenols is 1. The number of hydrogen-bond donors (Lipinski definition) is 4. The number of aliphatic imine (C=N–C) groups is 6. The van der Waals surface area contributed by atoms with Gasteiger partial charge in [0.1, 0.15) is 76.2 Å². The molecule has 12 aromatic heterocycles. The zero-order valence-electron chi connectivity index (χ0n) is 79.4. The van der Waals surface area contributed by atoms with Crippen molar-refractivity contribution in [1.29, 1.82) is 5.26 Å². The van der Waals surface area contributed by atoms with Crippen LogP contribution in [0.1, 0.15) is 137 Å². The molecule has 728 valence electrons. The summed E-state index contributed by atoms with van der Waals surface area (Å²) < 4.78 is 28.3. The number of aliphatic carboxylic acids is 3. The number of fused-ring (bicyclic) bond motifs is 6. The van der Waals surface area contributed by atoms with Crippen LogP contribution in [0.2, 0.25) is 0 Å². The summed E-state index contributed by atoms with van der Waals surface area (Å²) in [5.74, 6) is -0.709. The summed E-state index contributed by atoms with van der Waals surface area (Å²) in [6, 6.07) is 75.5. The Labute approximate surface area is 849 Å². The van der Waals surface area contributed by atoms with Crippen molar-refractivity contribution in [3.63, 3.8) is 0 Å². The maximum atomic E-state index is 10.6. The van der Waals surface area contributed by atoms with Crippen LogP contribution >= 0.6 is 68.0 Å². The van der Waals surface area contributed by atoms with Gasteiger partial charge in [-0.25, -0.2) is 44.5 Å². The van der Waals surface area contributed by atoms with Gasteiger partial charge in [-0.1, -0.05) is 84.9 Å². The molecule has 12 heterocycles. The van der Waals surface area contributed by atoms with Crippen molar-refractivity contribution >= 4 is 181 Å². The molecule has 0 aliphatic carbocycles. The number of carbonyl (C=O) groups is 3. The Kier molecular flexibility index (Phi) is 40.3. The third-order valence-corrected chi connectivity index (χ3v) is 26.5. The van der Waals surface area contributed by atoms with Crippen molar-refractivity contribution in [2.75, 3.05) is 47.1 Å². The summed E-state index contributed by atoms with van der Waals surface area (Å²) >= 11 is 9.72. The number of pyridine rings is 6. The van der Waals surface area contributed by atoms with Crippen molar-refractivity contribution in [1.82, 2.24) is 64.7 Å². The van der Waals surface area contributed by atoms with E-state index in [1.807, 2.05) is 235 Å². The third kappa shape index (κ3) is 33.4. The zero-order valence-corrected chi connectivity index (χ0v) is 84.3. The Balaban J connectivity index is 0.000000144. The van der Waals surface area contributed by atoms with E-state index in [0.717, 1.165) is 169 Å². The molecular formula is C106H102N20O11S6. The minimum atomic E-state index is -1.02. The standard InChI is InChI=1S/C19H18N4OS.C19H19N3O3S.C18H20N4S.C18H17N3O3S.C17H15N3O3S.C15H13N3OS/c1-14(15-7-2-4-11-21-15)22-13-18-23-19-16(24-12-5-3-10-20)8-6-9-17(19)25-18;1-13(14-6-2-3-10-20-14)21-12-17-22-19-15(7-4-8-16(19)26-17)25-11-5-9-18(23)24;1-22(2)12-10-15(14-7-5-6-11-19-14)20-13-18-21-16-8-3-4-9-17(16)23-18;1-12(14-7-4-5-13(20-14)10-24-11-18(22)23)19-9-17-21-15-6-2-3-8-16(15)25-17;1-11(14-8-12(6-7-18-14)23-10-17(21)22)19-9-16-20-13-4-2-3-5-15(13)24-16;1-10(11-5-2-3-8-16-11)17-9-14-18-15-12(19)6-4-7-13(15)20-14/h2,4,6-9,11H,3,5,12-13H2,1H3;2-4,6-8,10H,5,9,11-12H2,1H3,(H,23,24);3-9,11H,10,12-13H2,1-2H3;2-8H,9-11H2,1H3,(H,22,23);2-8H,9-10H2,1H3,(H,21,22);2-8,19H,9H2,1H3. The third-order valence-electron chi connectivity index (χ3n) is 20.4. The van der Waals surface area contributed by atoms with Crippen LogP contribution in [0.25, 0.3) is 61.3 Å². The van der Waals surface area contributed by atoms with Gasteiger partial charge >= 0.3 is 17.9 Å². The van der Waals surface area contributed by atoms with Crippen molar-refractivity contribution in [2.24, 2.45) is 30.0 Å². The van der Waals surface area contributed by atoms with Crippen molar-refractivity contribution in [2.45, 2.75) is 113 Å². The Morgan fingerprint density at radius 3 is 1.17 bits per heavy atom. The lowest BCUT2D eigenvalue weighted by atomic mass is 10.1. The van der Waals surface area contributed by atoms with Crippen LogP contribution < -0.4 is 14.2 Å². The van der Waals surface area contributed by atoms with E-state index in [-0.39, 0.29) is 32.0 Å². The van der Waals surface area contributed by atoms with Gasteiger partial charge in [0, 0.05) is 62.9 Å². The molecule has 0 aliphatic heterocycles. The first-order valence-electron chi connectivity index (χ1n) is 45.3. The SMILES string of the molecule is CC(=NCc1nc2c(O)cccc2s1)c1ccccn1.CC(=NCc1nc2c(OCCCC#N)cccc2s1)c1ccccn1.CC(=NCc1nc2c(OCCCC(=O)O)cccc2s1)c1ccccn1.CC(=NCc1nc2ccccc2s1)c1cc(OCC(=O)O)ccn1.CC(=NCc1nc2ccccc2s1)c1cccc(COCC(=O)O)n1.CN(C)CCC(=NCc1nc2ccccc2s1)c1ccccn1. The number of phenolic OH excluding ortho intramolecular Hbond substituents is 1. The van der Waals surface area contributed by atoms with Crippen molar-refractivity contribution in [3.8, 4) is 29.1 Å². The number of carboxylic acids is 3. The maximum Gasteiger partial charge on any atom is 0.341 e. The van der Waals surface area contributed by atoms with Gasteiger partial charge in [-0.2, -0.15) is 5.26 Å². The van der Waals surface area contributed by atoms with Gasteiger partial charge in [0.15, 0.2) is 6.61 Å². The van der Waals surface area contributed by atoms with E-state index in [2.05, 4.69) is 122 Å². The van der Waals surface area contributed by atoms with Gasteiger partial charge in [0.25, 0.3) is 0 Å². The lowest BCUT2D eigenvalue weighted by molar-refractivity contribution is -0.143. The van der Waals surface area contributed by atoms with Crippen LogP contribution in [0, 0.1) is 11.3 Å². The van der Waals surface area contributed by atoms with Crippen LogP contribution in [-0.4, -0.2) is 184 Å². The van der Waals surface area contributed by atoms with E-state index in [1.165, 1.54) is 4.70 Å². The number of aromatic nitrogens is 12. The summed E-state index contributed by atoms with van der Waals surface area (Å²) in [5, 5.41) is 49.9. The van der Waals surface area contributed by atoms with Gasteiger partial charge in [-0.3, -0.25) is 59.7 Å². The smallest absolute Gasteiger partial charge is 0.341 e. The quantitative estimate of drug-likeness (QED) is 0.0207. The molecule has 37 heteroatoms. The van der Waals surface area contributed by atoms with Crippen LogP contribution in [-0.2, 0) is 65.0 Å². The molecule has 18 aromatic rings. The highest BCUT2D eigenvalue weighted by Gasteiger charge is 2.17. The number of ether oxygens (including phenoxy) is 4. The summed E-state index contributed by atoms with van der Waals surface area (Å²) in [6.07, 6.45) is 11.3. The number of rotatable bonds is 37. The number of thiazole rings is 6. The lowest BCUT2D eigenvalue weighted by Gasteiger charge is -2.11. The predicted octanol–water partition coefficient (Wildman–Crippen LogP) is 21.8. The number of hydrogen-bond acceptors (Lipinski definition) is 34. The van der Waals surface area contributed by atoms with E-state index in [4.69, 9.17) is 44.5 Å². The largest absolute Gasteiger partial charge is 0.506 e. The molecule has 0 saturated carbocycles. The summed E-state index contributed by atoms with van der Waals surface area (Å²) in [5.41, 5.74) is 16.2. The molecule has 4 N–H and O–H groups in total. The van der Waals surface area contributed by atoms with E-state index in [9.17, 15) is 19.5 Å². The highest BCUT2D eigenvalue weighted by atomic mass is 32.1. The molecule has 0 spiro atoms. The fourth-order valence-electron chi connectivity index (χ4n) is 13.3. The summed E-state index contributed by atoms with van der Waals surface area (Å²) in [6.45, 7) is 14.0. The van der Waals surface area contributed by atoms with E-state index in [1.54, 1.807) is 117 Å². The number of nitrogens with zero attached hydrogens (tertiary/aromatic N) is 20. The Bertz CT molecular complexity index is 7390. The maximum absolute atomic E-state index is 10.6. The van der Waals surface area contributed by atoms with E-state index in [0.29, 0.717) is 93.7 Å². The zero-order chi connectivity index (χ0) is 100. The average molecular weight is 2020 g/mol. The van der Waals surface area contributed by atoms with Gasteiger partial charge in [0.2, 0.25) is 0 Å². The molecule has 0 saturated heterocycles. The molecule has 0 bridgehead atoms. The number of para-hydroxylation sites is 6. The molecule has 0 aliphatic rings. The van der Waals surface area contributed by atoms with Crippen molar-refractivity contribution in [3.05, 3.63) is 331 Å². The lowest BCUT2D eigenvalue weighted by Crippen LogP contribution is -2.18. The van der Waals surface area contributed by atoms with Gasteiger partial charge < -0.3 is 44.3 Å². The van der Waals surface area contributed by atoms with Gasteiger partial charge in [0.05, 0.1) is 184 Å². The topological polar surface area (TPSA) is 425 Å². The molecule has 0 radical (unpaired) electrons. The van der Waals surface area contributed by atoms with Gasteiger partial charge in [-0.15, -0.1) is 68.0 Å². The second-order valence-electron chi connectivity index (χ2n) is 31.5. The normalized spacial score (nSPS) is 11.8. The number of unbranched alkanes of at least 4 members (excludes halogenated alkanes) is 1. The van der Waals surface area contributed by atoms with Crippen LogP contribution in [0.4, 0.5) is 0 Å². The molecular weight excluding hydrogens is 1920 g/mol. The molecule has 0 atom stereocenters. The first kappa shape index (κ1) is 105. The molecule has 6 aromatic carbocycles. The number of carboxylic acid groups (broad SMARTS) is 3. The predicted molar refractivity (Wildman–Crippen MR) is 571 cm³/mol. The van der Waals surface area contributed by atoms with Gasteiger partial charge in [-0.05, 0) is 201 Å². The second-order valence-corrected chi connectivity index (χ2v) is 38.2. The Morgan fingerprint density at radius 1 is 0.364 bits per heavy atom. The monoisotopic (exact) mass is 2020 g/mol. The molecule has 0 amide bonds.